The Bertz CT molecular complexity index is 1180. The monoisotopic (exact) mass is 599 g/mol. The van der Waals surface area contributed by atoms with E-state index in [9.17, 15) is 19.5 Å². The Balaban J connectivity index is 1.54. The van der Waals surface area contributed by atoms with Gasteiger partial charge >= 0.3 is 11.9 Å². The Hall–Kier alpha value is -1.89. The van der Waals surface area contributed by atoms with Crippen LogP contribution in [-0.4, -0.2) is 49.3 Å². The van der Waals surface area contributed by atoms with Gasteiger partial charge in [-0.05, 0) is 109 Å². The summed E-state index contributed by atoms with van der Waals surface area (Å²) in [5.74, 6) is 0.612. The van der Waals surface area contributed by atoms with Gasteiger partial charge in [0.1, 0.15) is 6.04 Å². The number of hydrogen-bond donors (Lipinski definition) is 2. The van der Waals surface area contributed by atoms with Crippen molar-refractivity contribution in [2.75, 3.05) is 14.2 Å². The minimum absolute atomic E-state index is 0.0301. The van der Waals surface area contributed by atoms with Gasteiger partial charge < -0.3 is 19.9 Å². The molecule has 0 aromatic rings. The van der Waals surface area contributed by atoms with Crippen LogP contribution in [0, 0.1) is 56.7 Å². The van der Waals surface area contributed by atoms with Gasteiger partial charge in [-0.3, -0.25) is 9.59 Å². The maximum Gasteiger partial charge on any atom is 0.328 e. The lowest BCUT2D eigenvalue weighted by molar-refractivity contribution is -0.204. The van der Waals surface area contributed by atoms with Gasteiger partial charge in [-0.1, -0.05) is 60.1 Å². The number of carbonyl (C=O) groups is 3. The van der Waals surface area contributed by atoms with E-state index >= 15 is 0 Å². The van der Waals surface area contributed by atoms with E-state index < -0.39 is 23.4 Å². The summed E-state index contributed by atoms with van der Waals surface area (Å²) >= 11 is 0. The van der Waals surface area contributed by atoms with Crippen LogP contribution in [0.3, 0.4) is 0 Å². The number of esters is 2. The number of rotatable bonds is 5. The fourth-order valence-electron chi connectivity index (χ4n) is 11.8. The summed E-state index contributed by atoms with van der Waals surface area (Å²) in [6.45, 7) is 16.8. The second kappa shape index (κ2) is 10.9. The summed E-state index contributed by atoms with van der Waals surface area (Å²) < 4.78 is 9.80. The van der Waals surface area contributed by atoms with E-state index in [4.69, 9.17) is 9.47 Å². The van der Waals surface area contributed by atoms with Gasteiger partial charge in [0.05, 0.1) is 32.2 Å². The third kappa shape index (κ3) is 4.55. The molecule has 4 fully saturated rings. The molecule has 0 aromatic heterocycles. The smallest absolute Gasteiger partial charge is 0.328 e. The molecule has 0 aliphatic heterocycles. The lowest BCUT2D eigenvalue weighted by Crippen LogP contribution is -2.66. The molecule has 0 aromatic carbocycles. The van der Waals surface area contributed by atoms with Crippen molar-refractivity contribution in [3.05, 3.63) is 11.6 Å². The van der Waals surface area contributed by atoms with Crippen molar-refractivity contribution in [3.8, 4) is 0 Å². The van der Waals surface area contributed by atoms with E-state index in [1.807, 2.05) is 0 Å². The number of aliphatic hydroxyl groups is 1. The van der Waals surface area contributed by atoms with Crippen LogP contribution in [0.25, 0.3) is 0 Å². The van der Waals surface area contributed by atoms with E-state index in [1.54, 1.807) is 0 Å². The summed E-state index contributed by atoms with van der Waals surface area (Å²) in [5, 5.41) is 14.0. The highest BCUT2D eigenvalue weighted by Gasteiger charge is 2.69. The largest absolute Gasteiger partial charge is 0.469 e. The Labute approximate surface area is 259 Å². The molecule has 1 amide bonds. The number of aliphatic hydroxyl groups excluding tert-OH is 1. The second-order valence-electron chi connectivity index (χ2n) is 16.5. The highest BCUT2D eigenvalue weighted by atomic mass is 16.5. The van der Waals surface area contributed by atoms with Gasteiger partial charge in [0.25, 0.3) is 0 Å². The summed E-state index contributed by atoms with van der Waals surface area (Å²) in [6, 6.07) is -1.06. The molecule has 0 spiro atoms. The molecule has 11 atom stereocenters. The minimum atomic E-state index is -1.06. The van der Waals surface area contributed by atoms with E-state index in [1.165, 1.54) is 19.8 Å². The van der Waals surface area contributed by atoms with Crippen molar-refractivity contribution < 1.29 is 29.0 Å². The predicted molar refractivity (Wildman–Crippen MR) is 166 cm³/mol. The fourth-order valence-corrected chi connectivity index (χ4v) is 11.8. The van der Waals surface area contributed by atoms with E-state index in [-0.39, 0.29) is 46.0 Å². The van der Waals surface area contributed by atoms with Crippen molar-refractivity contribution in [1.29, 1.82) is 0 Å². The van der Waals surface area contributed by atoms with Crippen LogP contribution in [-0.2, 0) is 23.9 Å². The van der Waals surface area contributed by atoms with E-state index in [0.29, 0.717) is 23.7 Å². The number of hydrogen-bond acceptors (Lipinski definition) is 6. The van der Waals surface area contributed by atoms with E-state index in [2.05, 4.69) is 59.9 Å². The van der Waals surface area contributed by atoms with Gasteiger partial charge in [0, 0.05) is 0 Å². The maximum atomic E-state index is 14.5. The molecule has 0 bridgehead atoms. The Morgan fingerprint density at radius 2 is 1.63 bits per heavy atom. The Kier molecular flexibility index (Phi) is 8.22. The van der Waals surface area contributed by atoms with Crippen LogP contribution in [0.2, 0.25) is 0 Å². The van der Waals surface area contributed by atoms with Crippen LogP contribution < -0.4 is 5.32 Å². The van der Waals surface area contributed by atoms with Crippen LogP contribution >= 0.6 is 0 Å². The summed E-state index contributed by atoms with van der Waals surface area (Å²) in [5.41, 5.74) is 0.986. The number of methoxy groups -OCH3 is 2. The summed E-state index contributed by atoms with van der Waals surface area (Å²) in [6.07, 6.45) is 10.7. The van der Waals surface area contributed by atoms with Crippen molar-refractivity contribution in [2.24, 2.45) is 56.7 Å². The SMILES string of the molecule is COC(=O)CC(NC(=O)[C@]12CC[C@@H](C)[C@H](C)[C@H]1C1=CC[C@@H]3[C@@]4(C)CC[C@H](O)C(C)(C)[C@@H]4CC[C@@]3(C)[C@]1(C)CC2)C(=O)OC. The normalized spacial score (nSPS) is 45.6. The molecule has 242 valence electrons. The first-order chi connectivity index (χ1) is 20.0. The van der Waals surface area contributed by atoms with Crippen LogP contribution in [0.5, 0.6) is 0 Å². The molecule has 4 saturated carbocycles. The lowest BCUT2D eigenvalue weighted by atomic mass is 9.33. The number of carbonyl (C=O) groups excluding carboxylic acids is 3. The molecule has 43 heavy (non-hydrogen) atoms. The fraction of sp³-hybridized carbons (Fsp3) is 0.861. The molecule has 7 heteroatoms. The Morgan fingerprint density at radius 1 is 0.930 bits per heavy atom. The van der Waals surface area contributed by atoms with Gasteiger partial charge in [-0.2, -0.15) is 0 Å². The highest BCUT2D eigenvalue weighted by molar-refractivity contribution is 5.91. The molecule has 7 nitrogen and oxygen atoms in total. The number of amides is 1. The summed E-state index contributed by atoms with van der Waals surface area (Å²) in [4.78, 5) is 39.3. The van der Waals surface area contributed by atoms with Gasteiger partial charge in [-0.15, -0.1) is 0 Å². The van der Waals surface area contributed by atoms with Crippen LogP contribution in [0.1, 0.15) is 113 Å². The number of allylic oxidation sites excluding steroid dienone is 2. The minimum Gasteiger partial charge on any atom is -0.469 e. The molecule has 0 heterocycles. The second-order valence-corrected chi connectivity index (χ2v) is 16.5. The maximum absolute atomic E-state index is 14.5. The lowest BCUT2D eigenvalue weighted by Gasteiger charge is -2.71. The zero-order valence-corrected chi connectivity index (χ0v) is 28.2. The molecular formula is C36H57NO6. The van der Waals surface area contributed by atoms with E-state index in [0.717, 1.165) is 57.8 Å². The van der Waals surface area contributed by atoms with Crippen molar-refractivity contribution >= 4 is 17.8 Å². The quantitative estimate of drug-likeness (QED) is 0.287. The molecule has 1 unspecified atom stereocenters. The molecule has 2 N–H and O–H groups in total. The van der Waals surface area contributed by atoms with Crippen LogP contribution in [0.15, 0.2) is 11.6 Å². The Morgan fingerprint density at radius 3 is 2.28 bits per heavy atom. The first-order valence-electron chi connectivity index (χ1n) is 16.9. The predicted octanol–water partition coefficient (Wildman–Crippen LogP) is 6.23. The van der Waals surface area contributed by atoms with Gasteiger partial charge in [-0.25, -0.2) is 4.79 Å². The number of nitrogens with one attached hydrogen (secondary N) is 1. The van der Waals surface area contributed by atoms with Crippen molar-refractivity contribution in [2.45, 2.75) is 125 Å². The molecule has 5 rings (SSSR count). The third-order valence-electron chi connectivity index (χ3n) is 14.8. The zero-order chi connectivity index (χ0) is 31.8. The standard InChI is InChI=1S/C36H57NO6/c1-21-12-17-36(31(41)37-24(30(40)43-9)20-28(39)42-8)19-18-34(6)23(29(36)22(21)2)10-11-26-33(5)15-14-27(38)32(3,4)25(33)13-16-35(26,34)7/h10,21-22,24-27,29,38H,11-20H2,1-9H3,(H,37,41)/t21-,22+,24?,25+,26-,27+,29+,33+,34-,35-,36+/m1/s1. The van der Waals surface area contributed by atoms with Crippen molar-refractivity contribution in [1.82, 2.24) is 5.32 Å². The zero-order valence-electron chi connectivity index (χ0n) is 28.2. The average Bonchev–Trinajstić information content (AvgIpc) is 2.96. The average molecular weight is 600 g/mol. The van der Waals surface area contributed by atoms with Gasteiger partial charge in [0.15, 0.2) is 0 Å². The molecule has 5 aliphatic carbocycles. The molecule has 0 radical (unpaired) electrons. The topological polar surface area (TPSA) is 102 Å². The third-order valence-corrected chi connectivity index (χ3v) is 14.8. The molecule has 5 aliphatic rings. The molecular weight excluding hydrogens is 542 g/mol. The van der Waals surface area contributed by atoms with Crippen molar-refractivity contribution in [3.63, 3.8) is 0 Å². The highest BCUT2D eigenvalue weighted by Crippen LogP contribution is 2.75. The number of ether oxygens (including phenoxy) is 2. The van der Waals surface area contributed by atoms with Crippen LogP contribution in [0.4, 0.5) is 0 Å². The molecule has 0 saturated heterocycles. The number of fused-ring (bicyclic) bond motifs is 7. The summed E-state index contributed by atoms with van der Waals surface area (Å²) in [7, 11) is 2.57. The first kappa shape index (κ1) is 32.5. The van der Waals surface area contributed by atoms with Gasteiger partial charge in [0.2, 0.25) is 5.91 Å². The first-order valence-corrected chi connectivity index (χ1v) is 16.9.